The lowest BCUT2D eigenvalue weighted by molar-refractivity contribution is -0.146. The average Bonchev–Trinajstić information content (AvgIpc) is 2.61. The fourth-order valence-electron chi connectivity index (χ4n) is 2.37. The molecular weight excluding hydrogens is 206 g/mol. The molecule has 0 bridgehead atoms. The normalized spacial score (nSPS) is 29.0. The molecule has 1 aliphatic rings. The van der Waals surface area contributed by atoms with Gasteiger partial charge in [0.2, 0.25) is 5.91 Å². The maximum Gasteiger partial charge on any atom is 0.307 e. The summed E-state index contributed by atoms with van der Waals surface area (Å²) in [7, 11) is 0. The summed E-state index contributed by atoms with van der Waals surface area (Å²) in [6.07, 6.45) is 3.31. The molecule has 2 N–H and O–H groups in total. The highest BCUT2D eigenvalue weighted by Crippen LogP contribution is 2.36. The Morgan fingerprint density at radius 1 is 1.31 bits per heavy atom. The molecule has 0 saturated heterocycles. The Morgan fingerprint density at radius 2 is 1.94 bits per heavy atom. The van der Waals surface area contributed by atoms with E-state index in [0.717, 1.165) is 12.8 Å². The zero-order valence-corrected chi connectivity index (χ0v) is 10.0. The molecule has 0 aromatic heterocycles. The Balaban J connectivity index is 2.50. The molecule has 1 fully saturated rings. The van der Waals surface area contributed by atoms with Crippen molar-refractivity contribution in [2.24, 2.45) is 17.8 Å². The number of carboxylic acids is 1. The van der Waals surface area contributed by atoms with Crippen molar-refractivity contribution in [3.8, 4) is 0 Å². The van der Waals surface area contributed by atoms with Gasteiger partial charge in [0.05, 0.1) is 11.8 Å². The largest absolute Gasteiger partial charge is 0.481 e. The Labute approximate surface area is 96.4 Å². The molecule has 0 spiro atoms. The van der Waals surface area contributed by atoms with E-state index < -0.39 is 11.9 Å². The first kappa shape index (κ1) is 13.0. The molecule has 1 saturated carbocycles. The first-order valence-electron chi connectivity index (χ1n) is 6.06. The molecule has 3 atom stereocenters. The molecule has 4 heteroatoms. The van der Waals surface area contributed by atoms with E-state index >= 15 is 0 Å². The zero-order valence-electron chi connectivity index (χ0n) is 10.0. The van der Waals surface area contributed by atoms with Crippen molar-refractivity contribution in [3.63, 3.8) is 0 Å². The number of hydrogen-bond donors (Lipinski definition) is 2. The molecule has 92 valence electrons. The molecule has 4 nitrogen and oxygen atoms in total. The SMILES string of the molecule is CCCCNC(=O)C1CC(C)CC1C(=O)O. The number of rotatable bonds is 5. The smallest absolute Gasteiger partial charge is 0.307 e. The van der Waals surface area contributed by atoms with Gasteiger partial charge in [-0.05, 0) is 25.2 Å². The number of carbonyl (C=O) groups excluding carboxylic acids is 1. The van der Waals surface area contributed by atoms with Gasteiger partial charge in [-0.1, -0.05) is 20.3 Å². The van der Waals surface area contributed by atoms with Crippen molar-refractivity contribution in [2.45, 2.75) is 39.5 Å². The first-order valence-corrected chi connectivity index (χ1v) is 6.06. The van der Waals surface area contributed by atoms with Crippen LogP contribution in [0.5, 0.6) is 0 Å². The summed E-state index contributed by atoms with van der Waals surface area (Å²) in [5.74, 6) is -1.39. The second-order valence-corrected chi connectivity index (χ2v) is 4.77. The number of unbranched alkanes of at least 4 members (excludes halogenated alkanes) is 1. The van der Waals surface area contributed by atoms with Crippen molar-refractivity contribution < 1.29 is 14.7 Å². The van der Waals surface area contributed by atoms with Crippen molar-refractivity contribution in [1.29, 1.82) is 0 Å². The van der Waals surface area contributed by atoms with Gasteiger partial charge in [0.15, 0.2) is 0 Å². The van der Waals surface area contributed by atoms with Crippen LogP contribution >= 0.6 is 0 Å². The van der Waals surface area contributed by atoms with Crippen LogP contribution in [-0.2, 0) is 9.59 Å². The second kappa shape index (κ2) is 5.87. The van der Waals surface area contributed by atoms with E-state index in [1.807, 2.05) is 6.92 Å². The molecule has 1 amide bonds. The van der Waals surface area contributed by atoms with E-state index in [-0.39, 0.29) is 11.8 Å². The highest BCUT2D eigenvalue weighted by molar-refractivity contribution is 5.85. The highest BCUT2D eigenvalue weighted by Gasteiger charge is 2.40. The fourth-order valence-corrected chi connectivity index (χ4v) is 2.37. The Hall–Kier alpha value is -1.06. The molecule has 0 radical (unpaired) electrons. The van der Waals surface area contributed by atoms with Gasteiger partial charge in [0.25, 0.3) is 0 Å². The van der Waals surface area contributed by atoms with E-state index in [4.69, 9.17) is 5.11 Å². The Kier molecular flexibility index (Phi) is 4.77. The number of carboxylic acid groups (broad SMARTS) is 1. The van der Waals surface area contributed by atoms with Crippen molar-refractivity contribution in [3.05, 3.63) is 0 Å². The van der Waals surface area contributed by atoms with Gasteiger partial charge >= 0.3 is 5.97 Å². The van der Waals surface area contributed by atoms with Crippen LogP contribution < -0.4 is 5.32 Å². The number of aliphatic carboxylic acids is 1. The number of hydrogen-bond acceptors (Lipinski definition) is 2. The monoisotopic (exact) mass is 227 g/mol. The minimum Gasteiger partial charge on any atom is -0.481 e. The van der Waals surface area contributed by atoms with E-state index in [9.17, 15) is 9.59 Å². The van der Waals surface area contributed by atoms with Crippen LogP contribution in [0, 0.1) is 17.8 Å². The van der Waals surface area contributed by atoms with Gasteiger partial charge in [-0.2, -0.15) is 0 Å². The average molecular weight is 227 g/mol. The van der Waals surface area contributed by atoms with Gasteiger partial charge in [-0.25, -0.2) is 0 Å². The summed E-state index contributed by atoms with van der Waals surface area (Å²) < 4.78 is 0. The summed E-state index contributed by atoms with van der Waals surface area (Å²) in [5.41, 5.74) is 0. The Bertz CT molecular complexity index is 265. The minimum atomic E-state index is -0.833. The molecule has 0 aromatic rings. The molecule has 0 aliphatic heterocycles. The number of nitrogens with one attached hydrogen (secondary N) is 1. The zero-order chi connectivity index (χ0) is 12.1. The third kappa shape index (κ3) is 3.22. The molecule has 0 aromatic carbocycles. The van der Waals surface area contributed by atoms with Crippen LogP contribution in [-0.4, -0.2) is 23.5 Å². The maximum atomic E-state index is 11.8. The minimum absolute atomic E-state index is 0.0785. The van der Waals surface area contributed by atoms with Crippen molar-refractivity contribution in [1.82, 2.24) is 5.32 Å². The number of amides is 1. The molecule has 0 heterocycles. The van der Waals surface area contributed by atoms with Crippen molar-refractivity contribution >= 4 is 11.9 Å². The predicted molar refractivity (Wildman–Crippen MR) is 60.9 cm³/mol. The maximum absolute atomic E-state index is 11.8. The lowest BCUT2D eigenvalue weighted by atomic mass is 9.95. The van der Waals surface area contributed by atoms with Crippen LogP contribution in [0.4, 0.5) is 0 Å². The van der Waals surface area contributed by atoms with Crippen molar-refractivity contribution in [2.75, 3.05) is 6.54 Å². The molecule has 1 aliphatic carbocycles. The van der Waals surface area contributed by atoms with E-state index in [2.05, 4.69) is 12.2 Å². The van der Waals surface area contributed by atoms with E-state index in [1.54, 1.807) is 0 Å². The molecule has 16 heavy (non-hydrogen) atoms. The number of carbonyl (C=O) groups is 2. The van der Waals surface area contributed by atoms with E-state index in [0.29, 0.717) is 25.3 Å². The van der Waals surface area contributed by atoms with Crippen LogP contribution in [0.3, 0.4) is 0 Å². The summed E-state index contributed by atoms with van der Waals surface area (Å²) in [4.78, 5) is 22.8. The summed E-state index contributed by atoms with van der Waals surface area (Å²) in [6, 6.07) is 0. The van der Waals surface area contributed by atoms with Gasteiger partial charge in [-0.3, -0.25) is 9.59 Å². The summed E-state index contributed by atoms with van der Waals surface area (Å²) in [5, 5.41) is 11.9. The highest BCUT2D eigenvalue weighted by atomic mass is 16.4. The quantitative estimate of drug-likeness (QED) is 0.702. The first-order chi connectivity index (χ1) is 7.56. The lowest BCUT2D eigenvalue weighted by Gasteiger charge is -2.15. The summed E-state index contributed by atoms with van der Waals surface area (Å²) >= 11 is 0. The van der Waals surface area contributed by atoms with Crippen LogP contribution in [0.25, 0.3) is 0 Å². The van der Waals surface area contributed by atoms with Crippen LogP contribution in [0.1, 0.15) is 39.5 Å². The van der Waals surface area contributed by atoms with Crippen LogP contribution in [0.2, 0.25) is 0 Å². The van der Waals surface area contributed by atoms with Crippen LogP contribution in [0.15, 0.2) is 0 Å². The lowest BCUT2D eigenvalue weighted by Crippen LogP contribution is -2.35. The fraction of sp³-hybridized carbons (Fsp3) is 0.833. The standard InChI is InChI=1S/C12H21NO3/c1-3-4-5-13-11(14)9-6-8(2)7-10(9)12(15)16/h8-10H,3-7H2,1-2H3,(H,13,14)(H,15,16). The Morgan fingerprint density at radius 3 is 2.50 bits per heavy atom. The molecular formula is C12H21NO3. The van der Waals surface area contributed by atoms with E-state index in [1.165, 1.54) is 0 Å². The summed E-state index contributed by atoms with van der Waals surface area (Å²) in [6.45, 7) is 4.73. The van der Waals surface area contributed by atoms with Gasteiger partial charge in [0.1, 0.15) is 0 Å². The molecule has 3 unspecified atom stereocenters. The van der Waals surface area contributed by atoms with Gasteiger partial charge < -0.3 is 10.4 Å². The van der Waals surface area contributed by atoms with Gasteiger partial charge in [0, 0.05) is 6.54 Å². The molecule has 1 rings (SSSR count). The second-order valence-electron chi connectivity index (χ2n) is 4.77. The third-order valence-electron chi connectivity index (χ3n) is 3.28. The van der Waals surface area contributed by atoms with Gasteiger partial charge in [-0.15, -0.1) is 0 Å². The topological polar surface area (TPSA) is 66.4 Å². The predicted octanol–water partition coefficient (Wildman–Crippen LogP) is 1.65. The third-order valence-corrected chi connectivity index (χ3v) is 3.28.